The molecule has 0 bridgehead atoms. The fraction of sp³-hybridized carbons (Fsp3) is 0.0526. The second kappa shape index (κ2) is 6.39. The molecular weight excluding hydrogens is 305 g/mol. The summed E-state index contributed by atoms with van der Waals surface area (Å²) >= 11 is 0. The fourth-order valence-electron chi connectivity index (χ4n) is 2.48. The molecule has 0 unspecified atom stereocenters. The first-order chi connectivity index (χ1) is 11.6. The minimum absolute atomic E-state index is 0.116. The van der Waals surface area contributed by atoms with E-state index in [2.05, 4.69) is 4.98 Å². The molecule has 0 aliphatic carbocycles. The van der Waals surface area contributed by atoms with Gasteiger partial charge < -0.3 is 10.5 Å². The quantitative estimate of drug-likeness (QED) is 0.791. The van der Waals surface area contributed by atoms with Crippen molar-refractivity contribution in [3.63, 3.8) is 0 Å². The molecule has 0 atom stereocenters. The molecule has 3 rings (SSSR count). The smallest absolute Gasteiger partial charge is 0.142 e. The van der Waals surface area contributed by atoms with Gasteiger partial charge in [0.05, 0.1) is 12.8 Å². The number of nitrogens with zero attached hydrogens (tertiary/aromatic N) is 2. The lowest BCUT2D eigenvalue weighted by molar-refractivity contribution is 0.415. The van der Waals surface area contributed by atoms with E-state index in [0.29, 0.717) is 16.8 Å². The van der Waals surface area contributed by atoms with Crippen LogP contribution in [0.3, 0.4) is 0 Å². The van der Waals surface area contributed by atoms with Crippen LogP contribution in [0.4, 0.5) is 10.2 Å². The lowest BCUT2D eigenvalue weighted by Gasteiger charge is -2.11. The van der Waals surface area contributed by atoms with Crippen molar-refractivity contribution in [1.29, 1.82) is 5.26 Å². The number of methoxy groups -OCH3 is 1. The van der Waals surface area contributed by atoms with Gasteiger partial charge in [-0.15, -0.1) is 0 Å². The number of nitrogens with two attached hydrogens (primary N) is 1. The Labute approximate surface area is 139 Å². The zero-order valence-electron chi connectivity index (χ0n) is 13.0. The molecular formula is C19H14FN3O. The first-order valence-corrected chi connectivity index (χ1v) is 7.23. The summed E-state index contributed by atoms with van der Waals surface area (Å²) < 4.78 is 18.7. The van der Waals surface area contributed by atoms with Crippen molar-refractivity contribution in [3.05, 3.63) is 66.0 Å². The zero-order valence-corrected chi connectivity index (χ0v) is 13.0. The van der Waals surface area contributed by atoms with Gasteiger partial charge in [-0.2, -0.15) is 5.26 Å². The van der Waals surface area contributed by atoms with E-state index in [1.165, 1.54) is 12.1 Å². The first kappa shape index (κ1) is 15.5. The van der Waals surface area contributed by atoms with Gasteiger partial charge in [-0.05, 0) is 48.0 Å². The Hall–Kier alpha value is -3.39. The number of hydrogen-bond acceptors (Lipinski definition) is 4. The van der Waals surface area contributed by atoms with Gasteiger partial charge in [0.1, 0.15) is 29.0 Å². The summed E-state index contributed by atoms with van der Waals surface area (Å²) in [6.45, 7) is 0. The number of pyridine rings is 1. The van der Waals surface area contributed by atoms with Crippen LogP contribution in [-0.4, -0.2) is 12.1 Å². The topological polar surface area (TPSA) is 71.9 Å². The molecule has 24 heavy (non-hydrogen) atoms. The Kier molecular flexibility index (Phi) is 4.13. The third kappa shape index (κ3) is 2.90. The van der Waals surface area contributed by atoms with Crippen LogP contribution in [0.15, 0.2) is 54.6 Å². The number of nitrogen functional groups attached to an aromatic ring is 1. The summed E-state index contributed by atoms with van der Waals surface area (Å²) in [7, 11) is 1.59. The van der Waals surface area contributed by atoms with E-state index in [0.717, 1.165) is 11.3 Å². The van der Waals surface area contributed by atoms with Crippen molar-refractivity contribution in [2.45, 2.75) is 0 Å². The molecule has 0 amide bonds. The minimum atomic E-state index is -0.377. The van der Waals surface area contributed by atoms with E-state index in [1.54, 1.807) is 25.3 Å². The first-order valence-electron chi connectivity index (χ1n) is 7.23. The number of rotatable bonds is 3. The van der Waals surface area contributed by atoms with Crippen LogP contribution >= 0.6 is 0 Å². The van der Waals surface area contributed by atoms with E-state index < -0.39 is 0 Å². The third-order valence-corrected chi connectivity index (χ3v) is 3.68. The Morgan fingerprint density at radius 2 is 1.83 bits per heavy atom. The molecule has 3 aromatic rings. The molecule has 2 N–H and O–H groups in total. The molecule has 0 saturated heterocycles. The molecule has 0 fully saturated rings. The van der Waals surface area contributed by atoms with Gasteiger partial charge in [-0.1, -0.05) is 12.1 Å². The summed E-state index contributed by atoms with van der Waals surface area (Å²) in [5.41, 5.74) is 8.74. The number of halogens is 1. The summed E-state index contributed by atoms with van der Waals surface area (Å²) in [6, 6.07) is 17.2. The highest BCUT2D eigenvalue weighted by Crippen LogP contribution is 2.32. The SMILES string of the molecule is COc1ccc(-c2cc(-c3cccc(F)c3)c(C#N)c(N)n2)cc1. The molecule has 5 heteroatoms. The van der Waals surface area contributed by atoms with E-state index in [1.807, 2.05) is 30.3 Å². The van der Waals surface area contributed by atoms with Crippen molar-refractivity contribution in [1.82, 2.24) is 4.98 Å². The molecule has 4 nitrogen and oxygen atoms in total. The second-order valence-electron chi connectivity index (χ2n) is 5.17. The molecule has 118 valence electrons. The number of ether oxygens (including phenoxy) is 1. The molecule has 2 aromatic carbocycles. The predicted molar refractivity (Wildman–Crippen MR) is 90.7 cm³/mol. The number of benzene rings is 2. The summed E-state index contributed by atoms with van der Waals surface area (Å²) in [5.74, 6) is 0.466. The Morgan fingerprint density at radius 1 is 1.08 bits per heavy atom. The lowest BCUT2D eigenvalue weighted by Crippen LogP contribution is -2.00. The number of aromatic nitrogens is 1. The van der Waals surface area contributed by atoms with Crippen LogP contribution in [0.5, 0.6) is 5.75 Å². The average Bonchev–Trinajstić information content (AvgIpc) is 2.61. The monoisotopic (exact) mass is 319 g/mol. The Morgan fingerprint density at radius 3 is 2.46 bits per heavy atom. The van der Waals surface area contributed by atoms with Crippen LogP contribution in [0.2, 0.25) is 0 Å². The van der Waals surface area contributed by atoms with E-state index in [4.69, 9.17) is 10.5 Å². The summed E-state index contributed by atoms with van der Waals surface area (Å²) in [4.78, 5) is 4.30. The van der Waals surface area contributed by atoms with Gasteiger partial charge in [0.25, 0.3) is 0 Å². The van der Waals surface area contributed by atoms with Crippen molar-refractivity contribution in [2.75, 3.05) is 12.8 Å². The number of anilines is 1. The van der Waals surface area contributed by atoms with Crippen LogP contribution in [0.1, 0.15) is 5.56 Å². The predicted octanol–water partition coefficient (Wildman–Crippen LogP) is 4.02. The fourth-order valence-corrected chi connectivity index (χ4v) is 2.48. The largest absolute Gasteiger partial charge is 0.497 e. The molecule has 0 aliphatic heterocycles. The van der Waals surface area contributed by atoms with Gasteiger partial charge in [0, 0.05) is 11.1 Å². The van der Waals surface area contributed by atoms with E-state index >= 15 is 0 Å². The maximum Gasteiger partial charge on any atom is 0.142 e. The minimum Gasteiger partial charge on any atom is -0.497 e. The maximum atomic E-state index is 13.6. The molecule has 0 saturated carbocycles. The second-order valence-corrected chi connectivity index (χ2v) is 5.17. The van der Waals surface area contributed by atoms with E-state index in [9.17, 15) is 9.65 Å². The molecule has 0 aliphatic rings. The van der Waals surface area contributed by atoms with Crippen molar-refractivity contribution >= 4 is 5.82 Å². The Balaban J connectivity index is 2.18. The zero-order chi connectivity index (χ0) is 17.1. The van der Waals surface area contributed by atoms with Crippen molar-refractivity contribution in [2.24, 2.45) is 0 Å². The van der Waals surface area contributed by atoms with Crippen LogP contribution < -0.4 is 10.5 Å². The highest BCUT2D eigenvalue weighted by Gasteiger charge is 2.14. The Bertz CT molecular complexity index is 930. The van der Waals surface area contributed by atoms with Gasteiger partial charge in [-0.3, -0.25) is 0 Å². The van der Waals surface area contributed by atoms with Crippen LogP contribution in [0, 0.1) is 17.1 Å². The molecule has 0 radical (unpaired) electrons. The molecule has 1 heterocycles. The lowest BCUT2D eigenvalue weighted by atomic mass is 9.98. The highest BCUT2D eigenvalue weighted by atomic mass is 19.1. The number of hydrogen-bond donors (Lipinski definition) is 1. The van der Waals surface area contributed by atoms with Gasteiger partial charge in [0.15, 0.2) is 0 Å². The molecule has 1 aromatic heterocycles. The number of nitriles is 1. The summed E-state index contributed by atoms with van der Waals surface area (Å²) in [5, 5.41) is 9.38. The highest BCUT2D eigenvalue weighted by molar-refractivity contribution is 5.80. The van der Waals surface area contributed by atoms with Gasteiger partial charge in [-0.25, -0.2) is 9.37 Å². The van der Waals surface area contributed by atoms with Crippen LogP contribution in [0.25, 0.3) is 22.4 Å². The third-order valence-electron chi connectivity index (χ3n) is 3.68. The van der Waals surface area contributed by atoms with Gasteiger partial charge in [0.2, 0.25) is 0 Å². The van der Waals surface area contributed by atoms with E-state index in [-0.39, 0.29) is 17.2 Å². The standard InChI is InChI=1S/C19H14FN3O/c1-24-15-7-5-12(6-8-15)18-10-16(17(11-21)19(22)23-18)13-3-2-4-14(20)9-13/h2-10H,1H3,(H2,22,23). The van der Waals surface area contributed by atoms with Crippen LogP contribution in [-0.2, 0) is 0 Å². The molecule has 0 spiro atoms. The summed E-state index contributed by atoms with van der Waals surface area (Å²) in [6.07, 6.45) is 0. The average molecular weight is 319 g/mol. The van der Waals surface area contributed by atoms with Crippen molar-refractivity contribution in [3.8, 4) is 34.2 Å². The maximum absolute atomic E-state index is 13.6. The van der Waals surface area contributed by atoms with Crippen molar-refractivity contribution < 1.29 is 9.13 Å². The van der Waals surface area contributed by atoms with Gasteiger partial charge >= 0.3 is 0 Å². The normalized spacial score (nSPS) is 10.2.